The maximum atomic E-state index is 12.4. The van der Waals surface area contributed by atoms with Crippen molar-refractivity contribution in [2.45, 2.75) is 31.7 Å². The van der Waals surface area contributed by atoms with Crippen molar-refractivity contribution >= 4 is 28.6 Å². The molecule has 6 nitrogen and oxygen atoms in total. The van der Waals surface area contributed by atoms with Crippen molar-refractivity contribution in [2.75, 3.05) is 0 Å². The number of benzene rings is 1. The summed E-state index contributed by atoms with van der Waals surface area (Å²) in [6, 6.07) is 9.66. The fraction of sp³-hybridized carbons (Fsp3) is 0.333. The predicted octanol–water partition coefficient (Wildman–Crippen LogP) is 2.18. The van der Waals surface area contributed by atoms with E-state index in [1.807, 2.05) is 18.2 Å². The van der Waals surface area contributed by atoms with Gasteiger partial charge in [-0.25, -0.2) is 9.78 Å². The molecule has 3 rings (SSSR count). The number of pyridine rings is 1. The van der Waals surface area contributed by atoms with Gasteiger partial charge in [-0.1, -0.05) is 24.3 Å². The molecule has 2 N–H and O–H groups in total. The highest BCUT2D eigenvalue weighted by atomic mass is 16.4. The number of carbonyl (C=O) groups excluding carboxylic acids is 2. The third kappa shape index (κ3) is 3.42. The molecule has 2 atom stereocenters. The number of rotatable bonds is 4. The highest BCUT2D eigenvalue weighted by Gasteiger charge is 2.33. The molecule has 1 aromatic carbocycles. The molecule has 1 aliphatic carbocycles. The summed E-state index contributed by atoms with van der Waals surface area (Å²) in [6.07, 6.45) is 1.97. The minimum absolute atomic E-state index is 0.0515. The van der Waals surface area contributed by atoms with Crippen LogP contribution in [-0.2, 0) is 9.59 Å². The minimum Gasteiger partial charge on any atom is -0.480 e. The Morgan fingerprint density at radius 3 is 2.75 bits per heavy atom. The molecule has 1 aromatic heterocycles. The van der Waals surface area contributed by atoms with Crippen LogP contribution in [0.25, 0.3) is 10.9 Å². The highest BCUT2D eigenvalue weighted by molar-refractivity contribution is 5.97. The highest BCUT2D eigenvalue weighted by Crippen LogP contribution is 2.25. The molecule has 0 bridgehead atoms. The van der Waals surface area contributed by atoms with Gasteiger partial charge in [-0.05, 0) is 30.9 Å². The lowest BCUT2D eigenvalue weighted by Gasteiger charge is -2.27. The first kappa shape index (κ1) is 16.1. The number of amides is 1. The van der Waals surface area contributed by atoms with Crippen molar-refractivity contribution in [3.63, 3.8) is 0 Å². The largest absolute Gasteiger partial charge is 0.480 e. The molecule has 6 heteroatoms. The molecule has 1 amide bonds. The number of carboxylic acids is 1. The number of hydrogen-bond donors (Lipinski definition) is 2. The van der Waals surface area contributed by atoms with Crippen molar-refractivity contribution in [1.82, 2.24) is 10.3 Å². The van der Waals surface area contributed by atoms with Gasteiger partial charge in [-0.15, -0.1) is 0 Å². The van der Waals surface area contributed by atoms with Crippen LogP contribution in [-0.4, -0.2) is 33.8 Å². The van der Waals surface area contributed by atoms with Gasteiger partial charge in [0.15, 0.2) is 0 Å². The van der Waals surface area contributed by atoms with Crippen molar-refractivity contribution in [1.29, 1.82) is 0 Å². The number of carbonyl (C=O) groups is 3. The summed E-state index contributed by atoms with van der Waals surface area (Å²) in [5.74, 6) is -1.97. The van der Waals surface area contributed by atoms with Crippen LogP contribution in [0.3, 0.4) is 0 Å². The zero-order valence-corrected chi connectivity index (χ0v) is 13.1. The number of carboxylic acid groups (broad SMARTS) is 1. The lowest BCUT2D eigenvalue weighted by molar-refractivity contribution is -0.141. The number of nitrogens with zero attached hydrogens (tertiary/aromatic N) is 1. The van der Waals surface area contributed by atoms with E-state index in [-0.39, 0.29) is 23.8 Å². The first-order valence-electron chi connectivity index (χ1n) is 7.96. The molecular weight excluding hydrogens is 308 g/mol. The van der Waals surface area contributed by atoms with Gasteiger partial charge in [0.25, 0.3) is 5.91 Å². The molecule has 1 aliphatic rings. The number of ketones is 1. The van der Waals surface area contributed by atoms with Crippen molar-refractivity contribution in [3.8, 4) is 0 Å². The Balaban J connectivity index is 1.79. The third-order valence-electron chi connectivity index (χ3n) is 4.38. The van der Waals surface area contributed by atoms with Gasteiger partial charge in [0.2, 0.25) is 0 Å². The van der Waals surface area contributed by atoms with Gasteiger partial charge >= 0.3 is 5.97 Å². The topological polar surface area (TPSA) is 96.4 Å². The van der Waals surface area contributed by atoms with E-state index in [2.05, 4.69) is 10.3 Å². The number of fused-ring (bicyclic) bond motifs is 1. The molecule has 24 heavy (non-hydrogen) atoms. The SMILES string of the molecule is O=C1CCC[C@H]([C@H](NC(=O)c2ccc3ccccc3n2)C(=O)O)C1. The summed E-state index contributed by atoms with van der Waals surface area (Å²) in [4.78, 5) is 39.8. The fourth-order valence-corrected chi connectivity index (χ4v) is 3.13. The number of aliphatic carboxylic acids is 1. The van der Waals surface area contributed by atoms with E-state index >= 15 is 0 Å². The summed E-state index contributed by atoms with van der Waals surface area (Å²) in [5.41, 5.74) is 0.840. The van der Waals surface area contributed by atoms with E-state index in [0.717, 1.165) is 5.39 Å². The van der Waals surface area contributed by atoms with Crippen LogP contribution >= 0.6 is 0 Å². The smallest absolute Gasteiger partial charge is 0.326 e. The van der Waals surface area contributed by atoms with Crippen LogP contribution in [0.5, 0.6) is 0 Å². The zero-order valence-electron chi connectivity index (χ0n) is 13.1. The zero-order chi connectivity index (χ0) is 17.1. The number of aromatic nitrogens is 1. The molecule has 0 radical (unpaired) electrons. The Morgan fingerprint density at radius 2 is 2.00 bits per heavy atom. The average molecular weight is 326 g/mol. The number of hydrogen-bond acceptors (Lipinski definition) is 4. The summed E-state index contributed by atoms with van der Waals surface area (Å²) >= 11 is 0. The second-order valence-electron chi connectivity index (χ2n) is 6.07. The van der Waals surface area contributed by atoms with E-state index in [1.165, 1.54) is 0 Å². The summed E-state index contributed by atoms with van der Waals surface area (Å²) in [6.45, 7) is 0. The first-order chi connectivity index (χ1) is 11.5. The Bertz CT molecular complexity index is 802. The molecule has 1 heterocycles. The van der Waals surface area contributed by atoms with Gasteiger partial charge in [0.1, 0.15) is 17.5 Å². The Labute approximate surface area is 138 Å². The number of Topliss-reactive ketones (excluding diaryl/α,β-unsaturated/α-hetero) is 1. The Hall–Kier alpha value is -2.76. The second kappa shape index (κ2) is 6.78. The second-order valence-corrected chi connectivity index (χ2v) is 6.07. The fourth-order valence-electron chi connectivity index (χ4n) is 3.13. The van der Waals surface area contributed by atoms with E-state index < -0.39 is 17.9 Å². The molecule has 0 unspecified atom stereocenters. The predicted molar refractivity (Wildman–Crippen MR) is 87.6 cm³/mol. The Morgan fingerprint density at radius 1 is 1.21 bits per heavy atom. The van der Waals surface area contributed by atoms with E-state index in [1.54, 1.807) is 18.2 Å². The summed E-state index contributed by atoms with van der Waals surface area (Å²) in [7, 11) is 0. The van der Waals surface area contributed by atoms with Crippen LogP contribution in [0.1, 0.15) is 36.2 Å². The van der Waals surface area contributed by atoms with E-state index in [9.17, 15) is 19.5 Å². The lowest BCUT2D eigenvalue weighted by Crippen LogP contribution is -2.47. The molecule has 1 saturated carbocycles. The van der Waals surface area contributed by atoms with Crippen LogP contribution < -0.4 is 5.32 Å². The van der Waals surface area contributed by atoms with Crippen molar-refractivity contribution in [2.24, 2.45) is 5.92 Å². The quantitative estimate of drug-likeness (QED) is 0.897. The van der Waals surface area contributed by atoms with E-state index in [0.29, 0.717) is 24.8 Å². The molecule has 124 valence electrons. The molecular formula is C18H18N2O4. The first-order valence-corrected chi connectivity index (χ1v) is 7.96. The monoisotopic (exact) mass is 326 g/mol. The maximum Gasteiger partial charge on any atom is 0.326 e. The maximum absolute atomic E-state index is 12.4. The van der Waals surface area contributed by atoms with Crippen LogP contribution in [0.4, 0.5) is 0 Å². The van der Waals surface area contributed by atoms with Crippen molar-refractivity contribution in [3.05, 3.63) is 42.1 Å². The Kier molecular flexibility index (Phi) is 4.55. The van der Waals surface area contributed by atoms with Crippen LogP contribution in [0, 0.1) is 5.92 Å². The minimum atomic E-state index is -1.12. The average Bonchev–Trinajstić information content (AvgIpc) is 2.58. The van der Waals surface area contributed by atoms with Gasteiger partial charge in [0.05, 0.1) is 5.52 Å². The molecule has 1 fully saturated rings. The van der Waals surface area contributed by atoms with Crippen LogP contribution in [0.15, 0.2) is 36.4 Å². The van der Waals surface area contributed by atoms with Gasteiger partial charge in [0, 0.05) is 18.2 Å². The number of nitrogens with one attached hydrogen (secondary N) is 1. The van der Waals surface area contributed by atoms with Gasteiger partial charge < -0.3 is 10.4 Å². The third-order valence-corrected chi connectivity index (χ3v) is 4.38. The molecule has 0 saturated heterocycles. The normalized spacial score (nSPS) is 19.0. The summed E-state index contributed by atoms with van der Waals surface area (Å²) < 4.78 is 0. The van der Waals surface area contributed by atoms with Crippen LogP contribution in [0.2, 0.25) is 0 Å². The number of para-hydroxylation sites is 1. The van der Waals surface area contributed by atoms with Gasteiger partial charge in [-0.3, -0.25) is 9.59 Å². The van der Waals surface area contributed by atoms with Crippen molar-refractivity contribution < 1.29 is 19.5 Å². The molecule has 2 aromatic rings. The van der Waals surface area contributed by atoms with Gasteiger partial charge in [-0.2, -0.15) is 0 Å². The molecule has 0 aliphatic heterocycles. The molecule has 0 spiro atoms. The van der Waals surface area contributed by atoms with E-state index in [4.69, 9.17) is 0 Å². The lowest BCUT2D eigenvalue weighted by atomic mass is 9.83. The standard InChI is InChI=1S/C18H18N2O4/c21-13-6-3-5-12(10-13)16(18(23)24)20-17(22)15-9-8-11-4-1-2-7-14(11)19-15/h1-2,4,7-9,12,16H,3,5-6,10H2,(H,20,22)(H,23,24)/t12-,16-/m0/s1. The summed E-state index contributed by atoms with van der Waals surface area (Å²) in [5, 5.41) is 12.9.